The Morgan fingerprint density at radius 1 is 1.24 bits per heavy atom. The van der Waals surface area contributed by atoms with Crippen molar-refractivity contribution in [2.75, 3.05) is 33.9 Å². The first-order valence-electron chi connectivity index (χ1n) is 8.49. The number of likely N-dealkylation sites (tertiary alicyclic amines) is 1. The van der Waals surface area contributed by atoms with Crippen molar-refractivity contribution < 1.29 is 24.2 Å². The highest BCUT2D eigenvalue weighted by Crippen LogP contribution is 2.27. The van der Waals surface area contributed by atoms with Crippen molar-refractivity contribution in [3.05, 3.63) is 23.8 Å². The minimum absolute atomic E-state index is 0.128. The Kier molecular flexibility index (Phi) is 7.06. The van der Waals surface area contributed by atoms with Crippen molar-refractivity contribution in [3.63, 3.8) is 0 Å². The second-order valence-corrected chi connectivity index (χ2v) is 6.11. The van der Waals surface area contributed by atoms with Gasteiger partial charge in [0.25, 0.3) is 0 Å². The van der Waals surface area contributed by atoms with Gasteiger partial charge in [-0.2, -0.15) is 0 Å². The zero-order valence-corrected chi connectivity index (χ0v) is 14.8. The number of ether oxygens (including phenoxy) is 2. The van der Waals surface area contributed by atoms with Crippen LogP contribution in [-0.4, -0.2) is 61.8 Å². The van der Waals surface area contributed by atoms with Crippen molar-refractivity contribution in [2.45, 2.75) is 31.7 Å². The molecule has 25 heavy (non-hydrogen) atoms. The summed E-state index contributed by atoms with van der Waals surface area (Å²) in [5.74, 6) is 0.329. The van der Waals surface area contributed by atoms with Crippen LogP contribution in [0.3, 0.4) is 0 Å². The summed E-state index contributed by atoms with van der Waals surface area (Å²) in [6, 6.07) is 5.10. The summed E-state index contributed by atoms with van der Waals surface area (Å²) in [5, 5.41) is 12.1. The summed E-state index contributed by atoms with van der Waals surface area (Å²) < 4.78 is 10.5. The van der Waals surface area contributed by atoms with E-state index in [1.807, 2.05) is 18.2 Å². The second kappa shape index (κ2) is 9.27. The standard InChI is InChI=1S/C18H26N2O5/c1-24-15-7-6-13(11-16(15)25-2)8-9-19-17(21)12-20-10-4-3-5-14(20)18(22)23/h6-7,11,14H,3-5,8-10,12H2,1-2H3,(H,19,21)(H,22,23). The van der Waals surface area contributed by atoms with Gasteiger partial charge in [0.15, 0.2) is 11.5 Å². The normalized spacial score (nSPS) is 17.8. The van der Waals surface area contributed by atoms with Gasteiger partial charge in [0.2, 0.25) is 5.91 Å². The molecule has 7 nitrogen and oxygen atoms in total. The summed E-state index contributed by atoms with van der Waals surface area (Å²) in [6.45, 7) is 1.27. The summed E-state index contributed by atoms with van der Waals surface area (Å²) >= 11 is 0. The van der Waals surface area contributed by atoms with Gasteiger partial charge in [-0.05, 0) is 43.5 Å². The fourth-order valence-electron chi connectivity index (χ4n) is 3.08. The van der Waals surface area contributed by atoms with Crippen LogP contribution in [0.4, 0.5) is 0 Å². The highest BCUT2D eigenvalue weighted by Gasteiger charge is 2.29. The van der Waals surface area contributed by atoms with E-state index in [-0.39, 0.29) is 12.5 Å². The molecule has 2 rings (SSSR count). The Morgan fingerprint density at radius 2 is 2.00 bits per heavy atom. The molecule has 7 heteroatoms. The number of carbonyl (C=O) groups is 2. The van der Waals surface area contributed by atoms with Crippen molar-refractivity contribution >= 4 is 11.9 Å². The number of nitrogens with zero attached hydrogens (tertiary/aromatic N) is 1. The van der Waals surface area contributed by atoms with Gasteiger partial charge >= 0.3 is 5.97 Å². The topological polar surface area (TPSA) is 88.1 Å². The van der Waals surface area contributed by atoms with E-state index < -0.39 is 12.0 Å². The molecule has 1 aromatic carbocycles. The summed E-state index contributed by atoms with van der Waals surface area (Å²) in [5.41, 5.74) is 1.03. The molecule has 1 unspecified atom stereocenters. The quantitative estimate of drug-likeness (QED) is 0.735. The maximum Gasteiger partial charge on any atom is 0.320 e. The first-order valence-corrected chi connectivity index (χ1v) is 8.49. The molecule has 0 aliphatic carbocycles. The molecule has 0 saturated carbocycles. The lowest BCUT2D eigenvalue weighted by Crippen LogP contribution is -2.49. The zero-order valence-electron chi connectivity index (χ0n) is 14.8. The van der Waals surface area contributed by atoms with Crippen molar-refractivity contribution in [3.8, 4) is 11.5 Å². The van der Waals surface area contributed by atoms with E-state index in [9.17, 15) is 14.7 Å². The van der Waals surface area contributed by atoms with E-state index in [4.69, 9.17) is 9.47 Å². The number of carbonyl (C=O) groups excluding carboxylic acids is 1. The predicted octanol–water partition coefficient (Wildman–Crippen LogP) is 1.30. The van der Waals surface area contributed by atoms with E-state index in [1.165, 1.54) is 0 Å². The van der Waals surface area contributed by atoms with Crippen LogP contribution < -0.4 is 14.8 Å². The third-order valence-electron chi connectivity index (χ3n) is 4.43. The number of piperidine rings is 1. The number of carboxylic acids is 1. The Bertz CT molecular complexity index is 605. The van der Waals surface area contributed by atoms with Crippen LogP contribution in [0.5, 0.6) is 11.5 Å². The van der Waals surface area contributed by atoms with Crippen molar-refractivity contribution in [2.24, 2.45) is 0 Å². The van der Waals surface area contributed by atoms with Gasteiger partial charge in [-0.15, -0.1) is 0 Å². The molecule has 2 N–H and O–H groups in total. The van der Waals surface area contributed by atoms with E-state index in [2.05, 4.69) is 5.32 Å². The molecular weight excluding hydrogens is 324 g/mol. The summed E-state index contributed by atoms with van der Waals surface area (Å²) in [7, 11) is 3.17. The molecule has 0 radical (unpaired) electrons. The van der Waals surface area contributed by atoms with E-state index in [0.717, 1.165) is 18.4 Å². The number of benzene rings is 1. The van der Waals surface area contributed by atoms with Gasteiger partial charge in [-0.3, -0.25) is 14.5 Å². The molecule has 1 amide bonds. The monoisotopic (exact) mass is 350 g/mol. The van der Waals surface area contributed by atoms with Crippen LogP contribution in [-0.2, 0) is 16.0 Å². The molecular formula is C18H26N2O5. The minimum Gasteiger partial charge on any atom is -0.493 e. The molecule has 1 aromatic rings. The maximum atomic E-state index is 12.1. The van der Waals surface area contributed by atoms with E-state index >= 15 is 0 Å². The third kappa shape index (κ3) is 5.35. The molecule has 0 aromatic heterocycles. The first kappa shape index (κ1) is 19.1. The Hall–Kier alpha value is -2.28. The van der Waals surface area contributed by atoms with Crippen LogP contribution in [0.1, 0.15) is 24.8 Å². The van der Waals surface area contributed by atoms with Crippen molar-refractivity contribution in [1.82, 2.24) is 10.2 Å². The lowest BCUT2D eigenvalue weighted by molar-refractivity contribution is -0.145. The number of carboxylic acid groups (broad SMARTS) is 1. The lowest BCUT2D eigenvalue weighted by atomic mass is 10.0. The summed E-state index contributed by atoms with van der Waals surface area (Å²) in [4.78, 5) is 25.1. The predicted molar refractivity (Wildman–Crippen MR) is 93.1 cm³/mol. The average molecular weight is 350 g/mol. The number of amides is 1. The number of nitrogens with one attached hydrogen (secondary N) is 1. The lowest BCUT2D eigenvalue weighted by Gasteiger charge is -2.32. The van der Waals surface area contributed by atoms with Crippen LogP contribution in [0.25, 0.3) is 0 Å². The van der Waals surface area contributed by atoms with Gasteiger partial charge in [-0.25, -0.2) is 0 Å². The summed E-state index contributed by atoms with van der Waals surface area (Å²) in [6.07, 6.45) is 3.10. The number of aliphatic carboxylic acids is 1. The fourth-order valence-corrected chi connectivity index (χ4v) is 3.08. The fraction of sp³-hybridized carbons (Fsp3) is 0.556. The Morgan fingerprint density at radius 3 is 2.68 bits per heavy atom. The molecule has 138 valence electrons. The number of hydrogen-bond donors (Lipinski definition) is 2. The van der Waals surface area contributed by atoms with Crippen LogP contribution in [0, 0.1) is 0 Å². The number of hydrogen-bond acceptors (Lipinski definition) is 5. The second-order valence-electron chi connectivity index (χ2n) is 6.11. The van der Waals surface area contributed by atoms with Crippen LogP contribution in [0.15, 0.2) is 18.2 Å². The highest BCUT2D eigenvalue weighted by molar-refractivity contribution is 5.80. The van der Waals surface area contributed by atoms with Gasteiger partial charge < -0.3 is 19.9 Å². The van der Waals surface area contributed by atoms with Gasteiger partial charge in [-0.1, -0.05) is 12.5 Å². The number of rotatable bonds is 8. The van der Waals surface area contributed by atoms with Crippen LogP contribution >= 0.6 is 0 Å². The molecule has 0 spiro atoms. The smallest absolute Gasteiger partial charge is 0.320 e. The minimum atomic E-state index is -0.849. The molecule has 1 aliphatic rings. The third-order valence-corrected chi connectivity index (χ3v) is 4.43. The van der Waals surface area contributed by atoms with Crippen LogP contribution in [0.2, 0.25) is 0 Å². The van der Waals surface area contributed by atoms with Gasteiger partial charge in [0.1, 0.15) is 6.04 Å². The van der Waals surface area contributed by atoms with Crippen molar-refractivity contribution in [1.29, 1.82) is 0 Å². The average Bonchev–Trinajstić information content (AvgIpc) is 2.61. The number of methoxy groups -OCH3 is 2. The molecule has 0 bridgehead atoms. The largest absolute Gasteiger partial charge is 0.493 e. The molecule has 1 atom stereocenters. The van der Waals surface area contributed by atoms with Gasteiger partial charge in [0, 0.05) is 6.54 Å². The first-order chi connectivity index (χ1) is 12.0. The molecule has 1 heterocycles. The zero-order chi connectivity index (χ0) is 18.2. The molecule has 1 aliphatic heterocycles. The Labute approximate surface area is 147 Å². The Balaban J connectivity index is 1.81. The molecule has 1 saturated heterocycles. The molecule has 1 fully saturated rings. The van der Waals surface area contributed by atoms with E-state index in [0.29, 0.717) is 37.4 Å². The maximum absolute atomic E-state index is 12.1. The SMILES string of the molecule is COc1ccc(CCNC(=O)CN2CCCCC2C(=O)O)cc1OC. The van der Waals surface area contributed by atoms with Gasteiger partial charge in [0.05, 0.1) is 20.8 Å². The highest BCUT2D eigenvalue weighted by atomic mass is 16.5. The van der Waals surface area contributed by atoms with E-state index in [1.54, 1.807) is 19.1 Å².